The van der Waals surface area contributed by atoms with Crippen molar-refractivity contribution in [3.8, 4) is 5.69 Å². The van der Waals surface area contributed by atoms with Gasteiger partial charge in [-0.25, -0.2) is 9.99 Å². The zero-order valence-corrected chi connectivity index (χ0v) is 16.8. The van der Waals surface area contributed by atoms with Crippen molar-refractivity contribution in [3.63, 3.8) is 0 Å². The molecule has 7 nitrogen and oxygen atoms in total. The van der Waals surface area contributed by atoms with Crippen LogP contribution in [0.3, 0.4) is 0 Å². The number of carbonyl (C=O) groups excluding carboxylic acids is 1. The molecule has 2 aromatic carbocycles. The number of hydrogen-bond acceptors (Lipinski definition) is 6. The number of hydrazine groups is 1. The van der Waals surface area contributed by atoms with E-state index in [4.69, 9.17) is 0 Å². The number of thiazole rings is 1. The molecule has 146 valence electrons. The van der Waals surface area contributed by atoms with E-state index in [2.05, 4.69) is 38.4 Å². The molecular formula is C21H20N6OS. The number of para-hydroxylation sites is 1. The van der Waals surface area contributed by atoms with Gasteiger partial charge in [0, 0.05) is 19.6 Å². The largest absolute Gasteiger partial charge is 0.271 e. The third-order valence-corrected chi connectivity index (χ3v) is 5.99. The molecule has 0 bridgehead atoms. The van der Waals surface area contributed by atoms with E-state index in [1.54, 1.807) is 23.7 Å². The molecule has 0 saturated carbocycles. The van der Waals surface area contributed by atoms with Gasteiger partial charge in [0.05, 0.1) is 38.9 Å². The van der Waals surface area contributed by atoms with Crippen LogP contribution in [0.15, 0.2) is 54.9 Å². The van der Waals surface area contributed by atoms with E-state index in [1.807, 2.05) is 36.2 Å². The van der Waals surface area contributed by atoms with E-state index >= 15 is 0 Å². The Bertz CT molecular complexity index is 1170. The molecule has 4 aromatic rings. The lowest BCUT2D eigenvalue weighted by atomic mass is 10.1. The van der Waals surface area contributed by atoms with Gasteiger partial charge in [-0.15, -0.1) is 11.3 Å². The highest BCUT2D eigenvalue weighted by atomic mass is 32.1. The predicted octanol–water partition coefficient (Wildman–Crippen LogP) is 3.45. The van der Waals surface area contributed by atoms with Crippen LogP contribution in [0.5, 0.6) is 0 Å². The molecule has 2 aromatic heterocycles. The molecule has 1 fully saturated rings. The number of aryl methyl sites for hydroxylation is 1. The van der Waals surface area contributed by atoms with Crippen molar-refractivity contribution in [1.29, 1.82) is 0 Å². The lowest BCUT2D eigenvalue weighted by molar-refractivity contribution is 0.0170. The Morgan fingerprint density at radius 2 is 1.93 bits per heavy atom. The SMILES string of the molecule is Cc1nc2ccc(CN3CCCN3C(=O)c3ccccc3-n3nccn3)cc2s1. The number of amides is 1. The van der Waals surface area contributed by atoms with Crippen LogP contribution in [0.2, 0.25) is 0 Å². The van der Waals surface area contributed by atoms with E-state index in [-0.39, 0.29) is 5.91 Å². The first kappa shape index (κ1) is 18.0. The fourth-order valence-corrected chi connectivity index (χ4v) is 4.65. The number of aromatic nitrogens is 4. The van der Waals surface area contributed by atoms with Gasteiger partial charge in [-0.2, -0.15) is 15.0 Å². The maximum absolute atomic E-state index is 13.4. The van der Waals surface area contributed by atoms with Gasteiger partial charge >= 0.3 is 0 Å². The van der Waals surface area contributed by atoms with Crippen LogP contribution in [-0.4, -0.2) is 49.0 Å². The molecule has 0 N–H and O–H groups in total. The van der Waals surface area contributed by atoms with Gasteiger partial charge < -0.3 is 0 Å². The number of fused-ring (bicyclic) bond motifs is 1. The van der Waals surface area contributed by atoms with E-state index in [0.29, 0.717) is 24.3 Å². The Morgan fingerprint density at radius 1 is 1.10 bits per heavy atom. The average Bonchev–Trinajstić information content (AvgIpc) is 3.47. The molecular weight excluding hydrogens is 384 g/mol. The van der Waals surface area contributed by atoms with Gasteiger partial charge in [0.15, 0.2) is 0 Å². The molecule has 0 unspecified atom stereocenters. The molecule has 1 aliphatic heterocycles. The molecule has 3 heterocycles. The van der Waals surface area contributed by atoms with Gasteiger partial charge in [0.25, 0.3) is 5.91 Å². The maximum atomic E-state index is 13.4. The predicted molar refractivity (Wildman–Crippen MR) is 112 cm³/mol. The number of hydrogen-bond donors (Lipinski definition) is 0. The van der Waals surface area contributed by atoms with Crippen molar-refractivity contribution in [2.24, 2.45) is 0 Å². The first-order valence-corrected chi connectivity index (χ1v) is 10.4. The number of carbonyl (C=O) groups is 1. The summed E-state index contributed by atoms with van der Waals surface area (Å²) in [6, 6.07) is 13.8. The first-order valence-electron chi connectivity index (χ1n) is 9.57. The van der Waals surface area contributed by atoms with E-state index in [0.717, 1.165) is 23.5 Å². The average molecular weight is 404 g/mol. The standard InChI is InChI=1S/C21H20N6OS/c1-15-24-18-8-7-16(13-20(18)29-15)14-25-11-4-12-26(25)21(28)17-5-2-3-6-19(17)27-22-9-10-23-27/h2-3,5-10,13H,4,11-12,14H2,1H3. The highest BCUT2D eigenvalue weighted by Crippen LogP contribution is 2.25. The summed E-state index contributed by atoms with van der Waals surface area (Å²) in [4.78, 5) is 19.4. The minimum absolute atomic E-state index is 0.0230. The van der Waals surface area contributed by atoms with Crippen molar-refractivity contribution < 1.29 is 4.79 Å². The van der Waals surface area contributed by atoms with Gasteiger partial charge in [0.1, 0.15) is 0 Å². The summed E-state index contributed by atoms with van der Waals surface area (Å²) < 4.78 is 1.19. The smallest absolute Gasteiger partial charge is 0.270 e. The van der Waals surface area contributed by atoms with Crippen molar-refractivity contribution in [2.45, 2.75) is 19.9 Å². The highest BCUT2D eigenvalue weighted by Gasteiger charge is 2.29. The fraction of sp³-hybridized carbons (Fsp3) is 0.238. The van der Waals surface area contributed by atoms with Crippen LogP contribution >= 0.6 is 11.3 Å². The Labute approximate surface area is 172 Å². The topological polar surface area (TPSA) is 67.2 Å². The van der Waals surface area contributed by atoms with Crippen molar-refractivity contribution in [3.05, 3.63) is 71.0 Å². The van der Waals surface area contributed by atoms with Crippen LogP contribution in [0.4, 0.5) is 0 Å². The van der Waals surface area contributed by atoms with Crippen molar-refractivity contribution in [2.75, 3.05) is 13.1 Å². The van der Waals surface area contributed by atoms with E-state index in [9.17, 15) is 4.79 Å². The molecule has 0 radical (unpaired) electrons. The monoisotopic (exact) mass is 404 g/mol. The van der Waals surface area contributed by atoms with Crippen LogP contribution in [0.25, 0.3) is 15.9 Å². The quantitative estimate of drug-likeness (QED) is 0.521. The summed E-state index contributed by atoms with van der Waals surface area (Å²) in [5.74, 6) is -0.0230. The number of benzene rings is 2. The molecule has 0 atom stereocenters. The van der Waals surface area contributed by atoms with Crippen LogP contribution in [-0.2, 0) is 6.54 Å². The molecule has 5 rings (SSSR count). The second kappa shape index (κ2) is 7.38. The van der Waals surface area contributed by atoms with E-state index in [1.165, 1.54) is 15.1 Å². The minimum atomic E-state index is -0.0230. The van der Waals surface area contributed by atoms with Gasteiger partial charge in [-0.3, -0.25) is 9.80 Å². The summed E-state index contributed by atoms with van der Waals surface area (Å²) in [5, 5.41) is 13.4. The lowest BCUT2D eigenvalue weighted by Gasteiger charge is -2.28. The van der Waals surface area contributed by atoms with Crippen LogP contribution in [0, 0.1) is 6.92 Å². The zero-order chi connectivity index (χ0) is 19.8. The Balaban J connectivity index is 1.41. The summed E-state index contributed by atoms with van der Waals surface area (Å²) in [6.45, 7) is 4.28. The second-order valence-electron chi connectivity index (χ2n) is 7.04. The Morgan fingerprint density at radius 3 is 2.79 bits per heavy atom. The van der Waals surface area contributed by atoms with Crippen LogP contribution in [0.1, 0.15) is 27.3 Å². The third kappa shape index (κ3) is 3.41. The first-order chi connectivity index (χ1) is 14.2. The summed E-state index contributed by atoms with van der Waals surface area (Å²) in [6.07, 6.45) is 4.18. The van der Waals surface area contributed by atoms with Crippen molar-refractivity contribution >= 4 is 27.5 Å². The number of nitrogens with zero attached hydrogens (tertiary/aromatic N) is 6. The maximum Gasteiger partial charge on any atom is 0.270 e. The normalized spacial score (nSPS) is 14.7. The summed E-state index contributed by atoms with van der Waals surface area (Å²) in [5.41, 5.74) is 3.51. The highest BCUT2D eigenvalue weighted by molar-refractivity contribution is 7.18. The molecule has 29 heavy (non-hydrogen) atoms. The minimum Gasteiger partial charge on any atom is -0.271 e. The molecule has 1 aliphatic rings. The summed E-state index contributed by atoms with van der Waals surface area (Å²) >= 11 is 1.70. The van der Waals surface area contributed by atoms with Gasteiger partial charge in [0.2, 0.25) is 0 Å². The summed E-state index contributed by atoms with van der Waals surface area (Å²) in [7, 11) is 0. The van der Waals surface area contributed by atoms with E-state index < -0.39 is 0 Å². The Kier molecular flexibility index (Phi) is 4.57. The molecule has 8 heteroatoms. The molecule has 0 aliphatic carbocycles. The lowest BCUT2D eigenvalue weighted by Crippen LogP contribution is -2.41. The third-order valence-electron chi connectivity index (χ3n) is 5.06. The zero-order valence-electron chi connectivity index (χ0n) is 16.0. The van der Waals surface area contributed by atoms with Crippen molar-refractivity contribution in [1.82, 2.24) is 30.0 Å². The molecule has 0 spiro atoms. The van der Waals surface area contributed by atoms with Gasteiger partial charge in [-0.1, -0.05) is 18.2 Å². The fourth-order valence-electron chi connectivity index (χ4n) is 3.76. The second-order valence-corrected chi connectivity index (χ2v) is 8.28. The van der Waals surface area contributed by atoms with Crippen LogP contribution < -0.4 is 0 Å². The van der Waals surface area contributed by atoms with Gasteiger partial charge in [-0.05, 0) is 43.2 Å². The molecule has 1 amide bonds. The Hall–Kier alpha value is -3.10. The molecule has 1 saturated heterocycles. The number of rotatable bonds is 4.